The van der Waals surface area contributed by atoms with Gasteiger partial charge in [0.1, 0.15) is 5.82 Å². The summed E-state index contributed by atoms with van der Waals surface area (Å²) in [5.74, 6) is -1.12. The molecule has 32 heavy (non-hydrogen) atoms. The van der Waals surface area contributed by atoms with E-state index in [-0.39, 0.29) is 17.4 Å². The van der Waals surface area contributed by atoms with Crippen molar-refractivity contribution >= 4 is 17.6 Å². The maximum absolute atomic E-state index is 13.3. The molecule has 0 saturated carbocycles. The SMILES string of the molecule is Cc1cccc(C(C)C)c1NC(=O)COC(=O)c1nn(-c2ccc(F)cc2)c2c1CCC2. The van der Waals surface area contributed by atoms with Gasteiger partial charge in [-0.15, -0.1) is 0 Å². The molecule has 1 aliphatic rings. The number of carbonyl (C=O) groups is 2. The molecule has 0 fully saturated rings. The molecule has 166 valence electrons. The average molecular weight is 435 g/mol. The lowest BCUT2D eigenvalue weighted by atomic mass is 9.98. The Hall–Kier alpha value is -3.48. The minimum atomic E-state index is -0.631. The van der Waals surface area contributed by atoms with Crippen molar-refractivity contribution in [3.05, 3.63) is 76.4 Å². The van der Waals surface area contributed by atoms with Crippen molar-refractivity contribution in [2.24, 2.45) is 0 Å². The highest BCUT2D eigenvalue weighted by molar-refractivity contribution is 5.96. The predicted molar refractivity (Wildman–Crippen MR) is 120 cm³/mol. The van der Waals surface area contributed by atoms with Gasteiger partial charge in [0.25, 0.3) is 5.91 Å². The summed E-state index contributed by atoms with van der Waals surface area (Å²) >= 11 is 0. The number of amides is 1. The van der Waals surface area contributed by atoms with Gasteiger partial charge in [-0.3, -0.25) is 4.79 Å². The van der Waals surface area contributed by atoms with Gasteiger partial charge in [0.2, 0.25) is 0 Å². The lowest BCUT2D eigenvalue weighted by Crippen LogP contribution is -2.22. The highest BCUT2D eigenvalue weighted by Gasteiger charge is 2.28. The second-order valence-corrected chi connectivity index (χ2v) is 8.33. The van der Waals surface area contributed by atoms with Crippen molar-refractivity contribution in [1.82, 2.24) is 9.78 Å². The van der Waals surface area contributed by atoms with Crippen LogP contribution in [0.1, 0.15) is 59.1 Å². The number of rotatable bonds is 6. The fourth-order valence-electron chi connectivity index (χ4n) is 4.11. The molecule has 0 unspecified atom stereocenters. The second-order valence-electron chi connectivity index (χ2n) is 8.33. The van der Waals surface area contributed by atoms with Crippen LogP contribution in [0.25, 0.3) is 5.69 Å². The molecule has 6 nitrogen and oxygen atoms in total. The summed E-state index contributed by atoms with van der Waals surface area (Å²) in [5.41, 5.74) is 5.39. The zero-order valence-corrected chi connectivity index (χ0v) is 18.4. The molecule has 0 bridgehead atoms. The fourth-order valence-corrected chi connectivity index (χ4v) is 4.11. The van der Waals surface area contributed by atoms with Crippen molar-refractivity contribution in [3.63, 3.8) is 0 Å². The summed E-state index contributed by atoms with van der Waals surface area (Å²) in [4.78, 5) is 25.3. The molecule has 0 aliphatic heterocycles. The van der Waals surface area contributed by atoms with Crippen molar-refractivity contribution < 1.29 is 18.7 Å². The number of para-hydroxylation sites is 1. The van der Waals surface area contributed by atoms with Crippen molar-refractivity contribution in [1.29, 1.82) is 0 Å². The number of benzene rings is 2. The van der Waals surface area contributed by atoms with Crippen LogP contribution in [-0.4, -0.2) is 28.3 Å². The Morgan fingerprint density at radius 2 is 1.91 bits per heavy atom. The fraction of sp³-hybridized carbons (Fsp3) is 0.320. The summed E-state index contributed by atoms with van der Waals surface area (Å²) in [6, 6.07) is 11.8. The number of carbonyl (C=O) groups excluding carboxylic acids is 2. The topological polar surface area (TPSA) is 73.2 Å². The van der Waals surface area contributed by atoms with E-state index in [1.807, 2.05) is 25.1 Å². The Kier molecular flexibility index (Phi) is 6.08. The first-order valence-corrected chi connectivity index (χ1v) is 10.8. The standard InChI is InChI=1S/C25H26FN3O3/c1-15(2)19-7-4-6-16(3)23(19)27-22(30)14-32-25(31)24-20-8-5-9-21(20)29(28-24)18-12-10-17(26)11-13-18/h4,6-7,10-13,15H,5,8-9,14H2,1-3H3,(H,27,30). The molecule has 4 rings (SSSR count). The molecule has 1 aromatic heterocycles. The number of aromatic nitrogens is 2. The van der Waals surface area contributed by atoms with Crippen LogP contribution in [0, 0.1) is 12.7 Å². The smallest absolute Gasteiger partial charge is 0.359 e. The molecule has 1 N–H and O–H groups in total. The van der Waals surface area contributed by atoms with Crippen LogP contribution in [0.15, 0.2) is 42.5 Å². The summed E-state index contributed by atoms with van der Waals surface area (Å²) in [7, 11) is 0. The summed E-state index contributed by atoms with van der Waals surface area (Å²) in [5, 5.41) is 7.31. The number of fused-ring (bicyclic) bond motifs is 1. The van der Waals surface area contributed by atoms with Crippen molar-refractivity contribution in [2.45, 2.75) is 46.0 Å². The molecule has 1 aliphatic carbocycles. The Bertz CT molecular complexity index is 1170. The first-order valence-electron chi connectivity index (χ1n) is 10.8. The molecule has 1 heterocycles. The predicted octanol–water partition coefficient (Wildman–Crippen LogP) is 4.73. The summed E-state index contributed by atoms with van der Waals surface area (Å²) in [6.45, 7) is 5.65. The largest absolute Gasteiger partial charge is 0.451 e. The summed E-state index contributed by atoms with van der Waals surface area (Å²) in [6.07, 6.45) is 2.40. The van der Waals surface area contributed by atoms with E-state index in [0.717, 1.165) is 40.9 Å². The third-order valence-electron chi connectivity index (χ3n) is 5.72. The Morgan fingerprint density at radius 3 is 2.62 bits per heavy atom. The van der Waals surface area contributed by atoms with Gasteiger partial charge in [-0.1, -0.05) is 32.0 Å². The average Bonchev–Trinajstić information content (AvgIpc) is 3.37. The minimum Gasteiger partial charge on any atom is -0.451 e. The molecule has 1 amide bonds. The van der Waals surface area contributed by atoms with E-state index in [1.54, 1.807) is 16.8 Å². The zero-order valence-electron chi connectivity index (χ0n) is 18.4. The summed E-state index contributed by atoms with van der Waals surface area (Å²) < 4.78 is 20.3. The number of anilines is 1. The Morgan fingerprint density at radius 1 is 1.16 bits per heavy atom. The van der Waals surface area contributed by atoms with Gasteiger partial charge in [-0.05, 0) is 67.5 Å². The third-order valence-corrected chi connectivity index (χ3v) is 5.72. The van der Waals surface area contributed by atoms with Gasteiger partial charge in [0.15, 0.2) is 12.3 Å². The monoisotopic (exact) mass is 435 g/mol. The number of nitrogens with zero attached hydrogens (tertiary/aromatic N) is 2. The maximum atomic E-state index is 13.3. The molecule has 0 radical (unpaired) electrons. The highest BCUT2D eigenvalue weighted by atomic mass is 19.1. The Labute approximate surface area is 186 Å². The highest BCUT2D eigenvalue weighted by Crippen LogP contribution is 2.29. The second kappa shape index (κ2) is 8.94. The lowest BCUT2D eigenvalue weighted by molar-refractivity contribution is -0.119. The van der Waals surface area contributed by atoms with E-state index in [4.69, 9.17) is 4.74 Å². The molecule has 0 saturated heterocycles. The van der Waals surface area contributed by atoms with E-state index in [1.165, 1.54) is 12.1 Å². The molecular formula is C25H26FN3O3. The van der Waals surface area contributed by atoms with Crippen LogP contribution < -0.4 is 5.32 Å². The van der Waals surface area contributed by atoms with E-state index in [2.05, 4.69) is 24.3 Å². The lowest BCUT2D eigenvalue weighted by Gasteiger charge is -2.16. The number of ether oxygens (including phenoxy) is 1. The quantitative estimate of drug-likeness (QED) is 0.568. The van der Waals surface area contributed by atoms with Crippen LogP contribution in [0.2, 0.25) is 0 Å². The normalized spacial score (nSPS) is 12.7. The molecule has 0 spiro atoms. The molecule has 7 heteroatoms. The number of aryl methyl sites for hydroxylation is 1. The van der Waals surface area contributed by atoms with Gasteiger partial charge < -0.3 is 10.1 Å². The number of halogens is 1. The molecule has 2 aromatic carbocycles. The Balaban J connectivity index is 1.48. The van der Waals surface area contributed by atoms with Crippen LogP contribution in [0.4, 0.5) is 10.1 Å². The van der Waals surface area contributed by atoms with Crippen LogP contribution in [0.3, 0.4) is 0 Å². The molecule has 0 atom stereocenters. The van der Waals surface area contributed by atoms with Crippen molar-refractivity contribution in [3.8, 4) is 5.69 Å². The first kappa shape index (κ1) is 21.7. The van der Waals surface area contributed by atoms with Crippen LogP contribution in [0.5, 0.6) is 0 Å². The first-order chi connectivity index (χ1) is 15.3. The maximum Gasteiger partial charge on any atom is 0.359 e. The number of hydrogen-bond donors (Lipinski definition) is 1. The zero-order chi connectivity index (χ0) is 22.8. The van der Waals surface area contributed by atoms with E-state index in [9.17, 15) is 14.0 Å². The van der Waals surface area contributed by atoms with Gasteiger partial charge in [-0.2, -0.15) is 5.10 Å². The van der Waals surface area contributed by atoms with Gasteiger partial charge >= 0.3 is 5.97 Å². The van der Waals surface area contributed by atoms with Crippen molar-refractivity contribution in [2.75, 3.05) is 11.9 Å². The minimum absolute atomic E-state index is 0.216. The van der Waals surface area contributed by atoms with Gasteiger partial charge in [-0.25, -0.2) is 13.9 Å². The van der Waals surface area contributed by atoms with Crippen LogP contribution in [-0.2, 0) is 22.4 Å². The number of hydrogen-bond acceptors (Lipinski definition) is 4. The van der Waals surface area contributed by atoms with Gasteiger partial charge in [0, 0.05) is 16.9 Å². The molecular weight excluding hydrogens is 409 g/mol. The van der Waals surface area contributed by atoms with E-state index >= 15 is 0 Å². The van der Waals surface area contributed by atoms with Crippen LogP contribution >= 0.6 is 0 Å². The van der Waals surface area contributed by atoms with E-state index in [0.29, 0.717) is 12.1 Å². The number of nitrogens with one attached hydrogen (secondary N) is 1. The van der Waals surface area contributed by atoms with Gasteiger partial charge in [0.05, 0.1) is 5.69 Å². The molecule has 3 aromatic rings. The third kappa shape index (κ3) is 4.28. The number of esters is 1. The van der Waals surface area contributed by atoms with E-state index < -0.39 is 18.5 Å².